The van der Waals surface area contributed by atoms with Gasteiger partial charge < -0.3 is 8.92 Å². The maximum absolute atomic E-state index is 12.2. The van der Waals surface area contributed by atoms with Crippen molar-refractivity contribution in [2.45, 2.75) is 11.8 Å². The monoisotopic (exact) mass is 340 g/mol. The second-order valence-corrected chi connectivity index (χ2v) is 6.23. The summed E-state index contributed by atoms with van der Waals surface area (Å²) in [6.45, 7) is 2.05. The first-order valence-electron chi connectivity index (χ1n) is 6.38. The van der Waals surface area contributed by atoms with Crippen LogP contribution in [0.1, 0.15) is 17.3 Å². The molecule has 0 radical (unpaired) electrons. The van der Waals surface area contributed by atoms with Crippen LogP contribution in [0.25, 0.3) is 0 Å². The molecule has 0 heterocycles. The lowest BCUT2D eigenvalue weighted by Crippen LogP contribution is -2.10. The van der Waals surface area contributed by atoms with Crippen LogP contribution in [0.3, 0.4) is 0 Å². The molecule has 2 aromatic carbocycles. The van der Waals surface area contributed by atoms with Crippen LogP contribution in [0.4, 0.5) is 0 Å². The SMILES string of the molecule is CCOc1cc(C=O)ccc1OS(=O)(=O)c1ccc(Cl)cc1. The highest BCUT2D eigenvalue weighted by atomic mass is 35.5. The Balaban J connectivity index is 2.36. The molecule has 0 unspecified atom stereocenters. The Morgan fingerprint density at radius 2 is 1.77 bits per heavy atom. The number of carbonyl (C=O) groups is 1. The minimum absolute atomic E-state index is 0.0161. The quantitative estimate of drug-likeness (QED) is 0.596. The molecule has 0 aliphatic heterocycles. The highest BCUT2D eigenvalue weighted by Crippen LogP contribution is 2.31. The molecule has 0 spiro atoms. The molecule has 5 nitrogen and oxygen atoms in total. The number of ether oxygens (including phenoxy) is 1. The van der Waals surface area contributed by atoms with Gasteiger partial charge in [-0.2, -0.15) is 8.42 Å². The molecular formula is C15H13ClO5S. The molecular weight excluding hydrogens is 328 g/mol. The third kappa shape index (κ3) is 3.78. The number of hydrogen-bond donors (Lipinski definition) is 0. The molecule has 116 valence electrons. The summed E-state index contributed by atoms with van der Waals surface area (Å²) in [5.74, 6) is 0.201. The van der Waals surface area contributed by atoms with Crippen LogP contribution in [0, 0.1) is 0 Å². The Morgan fingerprint density at radius 1 is 1.09 bits per heavy atom. The van der Waals surface area contributed by atoms with Crippen LogP contribution in [-0.4, -0.2) is 21.3 Å². The van der Waals surface area contributed by atoms with Crippen LogP contribution >= 0.6 is 11.6 Å². The van der Waals surface area contributed by atoms with E-state index in [0.717, 1.165) is 0 Å². The van der Waals surface area contributed by atoms with Gasteiger partial charge in [0.05, 0.1) is 6.61 Å². The van der Waals surface area contributed by atoms with Gasteiger partial charge in [-0.05, 0) is 49.4 Å². The van der Waals surface area contributed by atoms with E-state index in [-0.39, 0.29) is 16.4 Å². The standard InChI is InChI=1S/C15H13ClO5S/c1-2-20-15-9-11(10-17)3-8-14(15)21-22(18,19)13-6-4-12(16)5-7-13/h3-10H,2H2,1H3. The molecule has 0 fully saturated rings. The first-order chi connectivity index (χ1) is 10.5. The van der Waals surface area contributed by atoms with Crippen molar-refractivity contribution in [1.82, 2.24) is 0 Å². The number of rotatable bonds is 6. The predicted molar refractivity (Wildman–Crippen MR) is 82.3 cm³/mol. The summed E-state index contributed by atoms with van der Waals surface area (Å²) in [6.07, 6.45) is 0.639. The van der Waals surface area contributed by atoms with Crippen LogP contribution < -0.4 is 8.92 Å². The molecule has 2 rings (SSSR count). The van der Waals surface area contributed by atoms with Gasteiger partial charge in [-0.3, -0.25) is 4.79 Å². The van der Waals surface area contributed by atoms with Gasteiger partial charge in [0.15, 0.2) is 11.5 Å². The molecule has 0 atom stereocenters. The zero-order chi connectivity index (χ0) is 16.2. The van der Waals surface area contributed by atoms with E-state index < -0.39 is 10.1 Å². The number of carbonyl (C=O) groups excluding carboxylic acids is 1. The number of hydrogen-bond acceptors (Lipinski definition) is 5. The second-order valence-electron chi connectivity index (χ2n) is 4.25. The minimum Gasteiger partial charge on any atom is -0.490 e. The number of benzene rings is 2. The van der Waals surface area contributed by atoms with Gasteiger partial charge in [-0.15, -0.1) is 0 Å². The van der Waals surface area contributed by atoms with Crippen molar-refractivity contribution >= 4 is 28.0 Å². The molecule has 0 aliphatic rings. The Labute approximate surface area is 133 Å². The van der Waals surface area contributed by atoms with Crippen molar-refractivity contribution in [3.63, 3.8) is 0 Å². The van der Waals surface area contributed by atoms with Gasteiger partial charge in [-0.25, -0.2) is 0 Å². The van der Waals surface area contributed by atoms with E-state index in [1.165, 1.54) is 42.5 Å². The van der Waals surface area contributed by atoms with Crippen molar-refractivity contribution in [2.75, 3.05) is 6.61 Å². The zero-order valence-electron chi connectivity index (χ0n) is 11.7. The largest absolute Gasteiger partial charge is 0.490 e. The molecule has 0 bridgehead atoms. The molecule has 22 heavy (non-hydrogen) atoms. The Kier molecular flexibility index (Phi) is 5.05. The van der Waals surface area contributed by atoms with Crippen molar-refractivity contribution in [3.05, 3.63) is 53.1 Å². The average molecular weight is 341 g/mol. The van der Waals surface area contributed by atoms with Gasteiger partial charge in [-0.1, -0.05) is 11.6 Å². The van der Waals surface area contributed by atoms with Crippen LogP contribution in [0.5, 0.6) is 11.5 Å². The maximum Gasteiger partial charge on any atom is 0.339 e. The van der Waals surface area contributed by atoms with E-state index in [2.05, 4.69) is 0 Å². The van der Waals surface area contributed by atoms with Gasteiger partial charge in [0.2, 0.25) is 0 Å². The smallest absolute Gasteiger partial charge is 0.339 e. The maximum atomic E-state index is 12.2. The summed E-state index contributed by atoms with van der Waals surface area (Å²) >= 11 is 5.73. The fourth-order valence-electron chi connectivity index (χ4n) is 1.70. The lowest BCUT2D eigenvalue weighted by Gasteiger charge is -2.12. The Bertz CT molecular complexity index is 769. The van der Waals surface area contributed by atoms with E-state index in [1.54, 1.807) is 6.92 Å². The zero-order valence-corrected chi connectivity index (χ0v) is 13.2. The fraction of sp³-hybridized carbons (Fsp3) is 0.133. The van der Waals surface area contributed by atoms with E-state index in [1.807, 2.05) is 0 Å². The summed E-state index contributed by atoms with van der Waals surface area (Å²) in [5.41, 5.74) is 0.361. The molecule has 0 N–H and O–H groups in total. The van der Waals surface area contributed by atoms with Crippen LogP contribution in [0.15, 0.2) is 47.4 Å². The predicted octanol–water partition coefficient (Wildman–Crippen LogP) is 3.32. The van der Waals surface area contributed by atoms with Crippen molar-refractivity contribution < 1.29 is 22.1 Å². The van der Waals surface area contributed by atoms with E-state index in [9.17, 15) is 13.2 Å². The molecule has 0 amide bonds. The molecule has 0 saturated heterocycles. The summed E-state index contributed by atoms with van der Waals surface area (Å²) < 4.78 is 34.9. The van der Waals surface area contributed by atoms with Crippen molar-refractivity contribution in [3.8, 4) is 11.5 Å². The second kappa shape index (κ2) is 6.81. The molecule has 2 aromatic rings. The number of halogens is 1. The normalized spacial score (nSPS) is 11.0. The van der Waals surface area contributed by atoms with Gasteiger partial charge in [0, 0.05) is 10.6 Å². The van der Waals surface area contributed by atoms with E-state index >= 15 is 0 Å². The number of aldehydes is 1. The van der Waals surface area contributed by atoms with Crippen molar-refractivity contribution in [1.29, 1.82) is 0 Å². The first-order valence-corrected chi connectivity index (χ1v) is 8.17. The fourth-order valence-corrected chi connectivity index (χ4v) is 2.77. The van der Waals surface area contributed by atoms with E-state index in [4.69, 9.17) is 20.5 Å². The average Bonchev–Trinajstić information content (AvgIpc) is 2.49. The third-order valence-corrected chi connectivity index (χ3v) is 4.21. The highest BCUT2D eigenvalue weighted by Gasteiger charge is 2.19. The molecule has 0 aromatic heterocycles. The van der Waals surface area contributed by atoms with Crippen LogP contribution in [0.2, 0.25) is 5.02 Å². The highest BCUT2D eigenvalue weighted by molar-refractivity contribution is 7.87. The third-order valence-electron chi connectivity index (χ3n) is 2.71. The van der Waals surface area contributed by atoms with Crippen LogP contribution in [-0.2, 0) is 10.1 Å². The molecule has 0 saturated carbocycles. The van der Waals surface area contributed by atoms with Crippen molar-refractivity contribution in [2.24, 2.45) is 0 Å². The Morgan fingerprint density at radius 3 is 2.36 bits per heavy atom. The summed E-state index contributed by atoms with van der Waals surface area (Å²) in [7, 11) is -4.02. The van der Waals surface area contributed by atoms with Gasteiger partial charge in [0.1, 0.15) is 11.2 Å². The summed E-state index contributed by atoms with van der Waals surface area (Å²) in [4.78, 5) is 10.8. The lowest BCUT2D eigenvalue weighted by molar-refractivity contribution is 0.112. The van der Waals surface area contributed by atoms with E-state index in [0.29, 0.717) is 23.5 Å². The minimum atomic E-state index is -4.02. The van der Waals surface area contributed by atoms with Gasteiger partial charge in [0.25, 0.3) is 0 Å². The summed E-state index contributed by atoms with van der Waals surface area (Å²) in [6, 6.07) is 9.84. The summed E-state index contributed by atoms with van der Waals surface area (Å²) in [5, 5.41) is 0.421. The molecule has 7 heteroatoms. The topological polar surface area (TPSA) is 69.7 Å². The first kappa shape index (κ1) is 16.3. The lowest BCUT2D eigenvalue weighted by atomic mass is 10.2. The Hall–Kier alpha value is -2.05. The molecule has 0 aliphatic carbocycles. The van der Waals surface area contributed by atoms with Gasteiger partial charge >= 0.3 is 10.1 Å².